The molecule has 0 aliphatic heterocycles. The second kappa shape index (κ2) is 6.47. The van der Waals surface area contributed by atoms with Crippen LogP contribution in [0.15, 0.2) is 28.7 Å². The number of aryl methyl sites for hydroxylation is 1. The summed E-state index contributed by atoms with van der Waals surface area (Å²) in [5.74, 6) is 1.30. The average molecular weight is 349 g/mol. The van der Waals surface area contributed by atoms with Gasteiger partial charge in [-0.1, -0.05) is 34.1 Å². The molecule has 1 saturated carbocycles. The van der Waals surface area contributed by atoms with Crippen molar-refractivity contribution in [2.75, 3.05) is 0 Å². The zero-order chi connectivity index (χ0) is 14.7. The van der Waals surface area contributed by atoms with E-state index in [0.29, 0.717) is 24.6 Å². The zero-order valence-electron chi connectivity index (χ0n) is 11.7. The molecular formula is C15H17BrN4O. The lowest BCUT2D eigenvalue weighted by atomic mass is 10.0. The number of benzene rings is 1. The molecule has 0 amide bonds. The van der Waals surface area contributed by atoms with Gasteiger partial charge in [-0.15, -0.1) is 10.2 Å². The first-order valence-electron chi connectivity index (χ1n) is 7.25. The number of hydrogen-bond donors (Lipinski definition) is 0. The van der Waals surface area contributed by atoms with Crippen molar-refractivity contribution in [2.45, 2.75) is 38.6 Å². The molecule has 0 bridgehead atoms. The fraction of sp³-hybridized carbons (Fsp3) is 0.467. The largest absolute Gasteiger partial charge is 0.299 e. The number of carbonyl (C=O) groups excluding carboxylic acids is 1. The van der Waals surface area contributed by atoms with Crippen LogP contribution in [0.5, 0.6) is 0 Å². The van der Waals surface area contributed by atoms with Crippen LogP contribution in [-0.4, -0.2) is 26.0 Å². The van der Waals surface area contributed by atoms with E-state index in [-0.39, 0.29) is 5.92 Å². The van der Waals surface area contributed by atoms with E-state index in [9.17, 15) is 4.79 Å². The summed E-state index contributed by atoms with van der Waals surface area (Å²) < 4.78 is 1.05. The highest BCUT2D eigenvalue weighted by atomic mass is 79.9. The topological polar surface area (TPSA) is 60.7 Å². The number of rotatable bonds is 5. The van der Waals surface area contributed by atoms with Gasteiger partial charge in [-0.2, -0.15) is 4.80 Å². The molecule has 1 atom stereocenters. The molecule has 1 aliphatic carbocycles. The molecular weight excluding hydrogens is 332 g/mol. The van der Waals surface area contributed by atoms with Crippen LogP contribution in [-0.2, 0) is 17.8 Å². The molecule has 1 aromatic heterocycles. The van der Waals surface area contributed by atoms with Crippen molar-refractivity contribution in [2.24, 2.45) is 5.92 Å². The molecule has 3 rings (SSSR count). The number of halogens is 1. The van der Waals surface area contributed by atoms with E-state index in [1.807, 2.05) is 24.3 Å². The Morgan fingerprint density at radius 3 is 2.95 bits per heavy atom. The molecule has 0 spiro atoms. The van der Waals surface area contributed by atoms with Gasteiger partial charge >= 0.3 is 0 Å². The Kier molecular flexibility index (Phi) is 4.43. The van der Waals surface area contributed by atoms with Gasteiger partial charge in [-0.3, -0.25) is 4.79 Å². The third-order valence-electron chi connectivity index (χ3n) is 3.91. The average Bonchev–Trinajstić information content (AvgIpc) is 3.08. The number of nitrogens with zero attached hydrogens (tertiary/aromatic N) is 4. The Morgan fingerprint density at radius 2 is 2.19 bits per heavy atom. The number of tetrazole rings is 1. The SMILES string of the molecule is O=C1CCC[C@@H]1CCn1nnc(Cc2ccccc2Br)n1. The lowest BCUT2D eigenvalue weighted by Gasteiger charge is -2.05. The number of carbonyl (C=O) groups is 1. The highest BCUT2D eigenvalue weighted by molar-refractivity contribution is 9.10. The van der Waals surface area contributed by atoms with Crippen molar-refractivity contribution in [1.82, 2.24) is 20.2 Å². The van der Waals surface area contributed by atoms with Crippen LogP contribution < -0.4 is 0 Å². The third kappa shape index (κ3) is 3.56. The molecule has 6 heteroatoms. The van der Waals surface area contributed by atoms with Gasteiger partial charge in [0.25, 0.3) is 0 Å². The van der Waals surface area contributed by atoms with E-state index in [1.54, 1.807) is 4.80 Å². The van der Waals surface area contributed by atoms with Gasteiger partial charge in [-0.25, -0.2) is 0 Å². The normalized spacial score (nSPS) is 18.3. The quantitative estimate of drug-likeness (QED) is 0.833. The predicted octanol–water partition coefficient (Wildman–Crippen LogP) is 2.79. The fourth-order valence-corrected chi connectivity index (χ4v) is 3.14. The molecule has 1 heterocycles. The second-order valence-corrected chi connectivity index (χ2v) is 6.27. The molecule has 110 valence electrons. The molecule has 1 fully saturated rings. The summed E-state index contributed by atoms with van der Waals surface area (Å²) in [7, 11) is 0. The fourth-order valence-electron chi connectivity index (χ4n) is 2.72. The predicted molar refractivity (Wildman–Crippen MR) is 81.7 cm³/mol. The molecule has 0 saturated heterocycles. The molecule has 2 aromatic rings. The van der Waals surface area contributed by atoms with Crippen LogP contribution in [0.2, 0.25) is 0 Å². The Hall–Kier alpha value is -1.56. The van der Waals surface area contributed by atoms with Crippen molar-refractivity contribution < 1.29 is 4.79 Å². The summed E-state index contributed by atoms with van der Waals surface area (Å²) >= 11 is 3.52. The van der Waals surface area contributed by atoms with E-state index >= 15 is 0 Å². The van der Waals surface area contributed by atoms with Gasteiger partial charge < -0.3 is 0 Å². The van der Waals surface area contributed by atoms with Gasteiger partial charge in [0, 0.05) is 23.2 Å². The molecule has 0 unspecified atom stereocenters. The standard InChI is InChI=1S/C15H17BrN4O/c16-13-6-2-1-4-12(13)10-15-17-19-20(18-15)9-8-11-5-3-7-14(11)21/h1-2,4,6,11H,3,5,7-10H2/t11-/m1/s1. The minimum absolute atomic E-state index is 0.197. The third-order valence-corrected chi connectivity index (χ3v) is 4.68. The van der Waals surface area contributed by atoms with E-state index < -0.39 is 0 Å². The van der Waals surface area contributed by atoms with Crippen LogP contribution in [0.3, 0.4) is 0 Å². The number of aromatic nitrogens is 4. The Bertz CT molecular complexity index is 640. The smallest absolute Gasteiger partial charge is 0.179 e. The zero-order valence-corrected chi connectivity index (χ0v) is 13.3. The summed E-state index contributed by atoms with van der Waals surface area (Å²) in [6.45, 7) is 0.666. The monoisotopic (exact) mass is 348 g/mol. The van der Waals surface area contributed by atoms with Crippen molar-refractivity contribution >= 4 is 21.7 Å². The molecule has 5 nitrogen and oxygen atoms in total. The number of Topliss-reactive ketones (excluding diaryl/α,β-unsaturated/α-hetero) is 1. The molecule has 1 aromatic carbocycles. The van der Waals surface area contributed by atoms with Crippen LogP contribution in [0, 0.1) is 5.92 Å². The summed E-state index contributed by atoms with van der Waals surface area (Å²) in [5.41, 5.74) is 1.14. The lowest BCUT2D eigenvalue weighted by Crippen LogP contribution is -2.12. The van der Waals surface area contributed by atoms with E-state index in [0.717, 1.165) is 35.7 Å². The van der Waals surface area contributed by atoms with Crippen molar-refractivity contribution in [3.05, 3.63) is 40.1 Å². The molecule has 1 aliphatic rings. The molecule has 0 N–H and O–H groups in total. The number of ketones is 1. The first kappa shape index (κ1) is 14.4. The minimum atomic E-state index is 0.197. The van der Waals surface area contributed by atoms with Crippen LogP contribution in [0.4, 0.5) is 0 Å². The highest BCUT2D eigenvalue weighted by Crippen LogP contribution is 2.24. The maximum absolute atomic E-state index is 11.6. The van der Waals surface area contributed by atoms with Crippen molar-refractivity contribution in [1.29, 1.82) is 0 Å². The van der Waals surface area contributed by atoms with Gasteiger partial charge in [0.1, 0.15) is 5.78 Å². The van der Waals surface area contributed by atoms with E-state index in [2.05, 4.69) is 31.3 Å². The second-order valence-electron chi connectivity index (χ2n) is 5.41. The maximum Gasteiger partial charge on any atom is 0.179 e. The molecule has 21 heavy (non-hydrogen) atoms. The summed E-state index contributed by atoms with van der Waals surface area (Å²) in [6, 6.07) is 8.03. The van der Waals surface area contributed by atoms with Gasteiger partial charge in [0.2, 0.25) is 0 Å². The highest BCUT2D eigenvalue weighted by Gasteiger charge is 2.24. The van der Waals surface area contributed by atoms with Crippen molar-refractivity contribution in [3.63, 3.8) is 0 Å². The van der Waals surface area contributed by atoms with Gasteiger partial charge in [0.05, 0.1) is 6.54 Å². The Morgan fingerprint density at radius 1 is 1.33 bits per heavy atom. The summed E-state index contributed by atoms with van der Waals surface area (Å²) in [6.07, 6.45) is 4.26. The van der Waals surface area contributed by atoms with Gasteiger partial charge in [0.15, 0.2) is 5.82 Å². The molecule has 0 radical (unpaired) electrons. The van der Waals surface area contributed by atoms with Crippen molar-refractivity contribution in [3.8, 4) is 0 Å². The first-order valence-corrected chi connectivity index (χ1v) is 8.04. The first-order chi connectivity index (χ1) is 10.2. The Labute approximate surface area is 131 Å². The van der Waals surface area contributed by atoms with E-state index in [4.69, 9.17) is 0 Å². The van der Waals surface area contributed by atoms with Crippen LogP contribution >= 0.6 is 15.9 Å². The minimum Gasteiger partial charge on any atom is -0.299 e. The number of hydrogen-bond acceptors (Lipinski definition) is 4. The maximum atomic E-state index is 11.6. The van der Waals surface area contributed by atoms with Gasteiger partial charge in [-0.05, 0) is 36.1 Å². The van der Waals surface area contributed by atoms with Crippen LogP contribution in [0.1, 0.15) is 37.1 Å². The van der Waals surface area contributed by atoms with E-state index in [1.165, 1.54) is 0 Å². The Balaban J connectivity index is 1.59. The summed E-state index contributed by atoms with van der Waals surface area (Å²) in [4.78, 5) is 13.2. The van der Waals surface area contributed by atoms with Crippen LogP contribution in [0.25, 0.3) is 0 Å². The summed E-state index contributed by atoms with van der Waals surface area (Å²) in [5, 5.41) is 12.6. The lowest BCUT2D eigenvalue weighted by molar-refractivity contribution is -0.120.